The van der Waals surface area contributed by atoms with Crippen molar-refractivity contribution in [3.8, 4) is 0 Å². The maximum absolute atomic E-state index is 14.0. The fourth-order valence-electron chi connectivity index (χ4n) is 5.99. The zero-order valence-electron chi connectivity index (χ0n) is 33.8. The first-order chi connectivity index (χ1) is 25.2. The fraction of sp³-hybridized carbons (Fsp3) is 0.711. The van der Waals surface area contributed by atoms with Crippen LogP contribution in [-0.4, -0.2) is 104 Å². The smallest absolute Gasteiger partial charge is 0.408 e. The second-order valence-electron chi connectivity index (χ2n) is 16.0. The second kappa shape index (κ2) is 21.4. The van der Waals surface area contributed by atoms with Gasteiger partial charge in [0.05, 0.1) is 5.66 Å². The molecule has 2 rings (SSSR count). The topological polar surface area (TPSA) is 191 Å². The van der Waals surface area contributed by atoms with Gasteiger partial charge >= 0.3 is 19.8 Å². The summed E-state index contributed by atoms with van der Waals surface area (Å²) in [6.45, 7) is 15.2. The summed E-state index contributed by atoms with van der Waals surface area (Å²) in [5.41, 5.74) is -1.02. The van der Waals surface area contributed by atoms with Crippen molar-refractivity contribution in [1.82, 2.24) is 26.2 Å². The number of benzene rings is 1. The third-order valence-corrected chi connectivity index (χ3v) is 11.0. The molecule has 306 valence electrons. The molecule has 0 aliphatic carbocycles. The van der Waals surface area contributed by atoms with Crippen LogP contribution in [-0.2, 0) is 43.9 Å². The van der Waals surface area contributed by atoms with Crippen LogP contribution in [0.25, 0.3) is 0 Å². The van der Waals surface area contributed by atoms with Crippen molar-refractivity contribution in [1.29, 1.82) is 0 Å². The molecule has 1 heterocycles. The molecular formula is C38H64N5O10P. The summed E-state index contributed by atoms with van der Waals surface area (Å²) in [5.74, 6) is -1.45. The zero-order valence-corrected chi connectivity index (χ0v) is 34.7. The number of nitrogens with zero attached hydrogens (tertiary/aromatic N) is 1. The lowest BCUT2D eigenvalue weighted by atomic mass is 10.00. The van der Waals surface area contributed by atoms with Crippen molar-refractivity contribution >= 4 is 37.5 Å². The molecule has 1 fully saturated rings. The van der Waals surface area contributed by atoms with Crippen molar-refractivity contribution in [3.63, 3.8) is 0 Å². The molecule has 4 N–H and O–H groups in total. The van der Waals surface area contributed by atoms with Gasteiger partial charge in [-0.3, -0.25) is 18.9 Å². The Hall–Kier alpha value is -3.68. The number of alkyl carbamates (subject to hydrolysis) is 2. The monoisotopic (exact) mass is 781 g/mol. The Balaban J connectivity index is 2.26. The van der Waals surface area contributed by atoms with Crippen molar-refractivity contribution in [2.24, 2.45) is 5.92 Å². The number of nitrogens with one attached hydrogen (secondary N) is 4. The predicted molar refractivity (Wildman–Crippen MR) is 206 cm³/mol. The van der Waals surface area contributed by atoms with E-state index in [9.17, 15) is 28.5 Å². The van der Waals surface area contributed by atoms with Crippen LogP contribution in [0.5, 0.6) is 0 Å². The zero-order chi connectivity index (χ0) is 40.7. The van der Waals surface area contributed by atoms with E-state index in [1.807, 2.05) is 44.2 Å². The van der Waals surface area contributed by atoms with Gasteiger partial charge in [0.25, 0.3) is 0 Å². The van der Waals surface area contributed by atoms with Gasteiger partial charge < -0.3 is 44.7 Å². The van der Waals surface area contributed by atoms with E-state index in [1.165, 1.54) is 14.2 Å². The lowest BCUT2D eigenvalue weighted by Gasteiger charge is -2.36. The van der Waals surface area contributed by atoms with Crippen LogP contribution in [0.15, 0.2) is 30.3 Å². The highest BCUT2D eigenvalue weighted by atomic mass is 31.2. The van der Waals surface area contributed by atoms with Crippen molar-refractivity contribution < 1.29 is 47.1 Å². The Labute approximate surface area is 321 Å². The van der Waals surface area contributed by atoms with Crippen LogP contribution in [0.4, 0.5) is 9.59 Å². The maximum Gasteiger partial charge on any atom is 0.408 e. The van der Waals surface area contributed by atoms with Crippen LogP contribution < -0.4 is 21.3 Å². The second-order valence-corrected chi connectivity index (χ2v) is 18.6. The van der Waals surface area contributed by atoms with Gasteiger partial charge in [0.2, 0.25) is 17.7 Å². The Morgan fingerprint density at radius 2 is 1.31 bits per heavy atom. The molecule has 16 heteroatoms. The van der Waals surface area contributed by atoms with E-state index < -0.39 is 60.9 Å². The molecule has 0 aromatic heterocycles. The Morgan fingerprint density at radius 3 is 1.85 bits per heavy atom. The number of carbonyl (C=O) groups excluding carboxylic acids is 5. The lowest BCUT2D eigenvalue weighted by Crippen LogP contribution is -2.58. The summed E-state index contributed by atoms with van der Waals surface area (Å²) in [6.07, 6.45) is 1.12. The fourth-order valence-corrected chi connectivity index (χ4v) is 7.60. The van der Waals surface area contributed by atoms with Crippen LogP contribution in [0.1, 0.15) is 99.5 Å². The minimum atomic E-state index is -3.32. The molecule has 3 unspecified atom stereocenters. The third-order valence-electron chi connectivity index (χ3n) is 8.56. The van der Waals surface area contributed by atoms with Gasteiger partial charge in [-0.15, -0.1) is 0 Å². The van der Waals surface area contributed by atoms with Gasteiger partial charge in [-0.1, -0.05) is 44.2 Å². The van der Waals surface area contributed by atoms with Gasteiger partial charge in [-0.05, 0) is 91.5 Å². The van der Waals surface area contributed by atoms with Crippen LogP contribution in [0.2, 0.25) is 0 Å². The minimum absolute atomic E-state index is 0.0168. The molecule has 0 spiro atoms. The van der Waals surface area contributed by atoms with E-state index in [-0.39, 0.29) is 49.8 Å². The number of carbonyl (C=O) groups is 5. The number of ether oxygens (including phenoxy) is 2. The predicted octanol–water partition coefficient (Wildman–Crippen LogP) is 5.31. The summed E-state index contributed by atoms with van der Waals surface area (Å²) in [6, 6.07) is 6.14. The standard InChI is InChI=1S/C38H64N5O10P/c1-26(2)24-30(41-33(45)31(25-27-16-12-11-13-17-27)42-36(48)53-38(6,7)8)32(44)40-29(18-14-15-21-39-35(47)52-37(3,4)5)34(46)43-22-19-28(20-23-43)54(49,50-9)51-10/h11-13,16-17,26,28-31H,14-15,18-25H2,1-10H3,(H,39,47)(H,40,44)(H,41,45)(H,42,48). The van der Waals surface area contributed by atoms with Crippen LogP contribution in [0, 0.1) is 5.92 Å². The first-order valence-corrected chi connectivity index (χ1v) is 20.4. The summed E-state index contributed by atoms with van der Waals surface area (Å²) in [7, 11) is -0.640. The molecular weight excluding hydrogens is 717 g/mol. The van der Waals surface area contributed by atoms with Crippen LogP contribution in [0.3, 0.4) is 0 Å². The minimum Gasteiger partial charge on any atom is -0.444 e. The number of amides is 5. The third kappa shape index (κ3) is 16.8. The highest BCUT2D eigenvalue weighted by Gasteiger charge is 2.39. The SMILES string of the molecule is COP(=O)(OC)C1CCN(C(=O)C(CCCCNC(=O)OC(C)(C)C)NC(=O)C(CC(C)C)NC(=O)C(Cc2ccccc2)NC(=O)OC(C)(C)C)CC1. The van der Waals surface area contributed by atoms with E-state index in [1.54, 1.807) is 46.4 Å². The first-order valence-electron chi connectivity index (χ1n) is 18.8. The molecule has 1 aliphatic rings. The van der Waals surface area contributed by atoms with Gasteiger partial charge in [0.1, 0.15) is 29.3 Å². The molecule has 1 saturated heterocycles. The summed E-state index contributed by atoms with van der Waals surface area (Å²) in [5, 5.41) is 11.1. The quantitative estimate of drug-likeness (QED) is 0.112. The number of rotatable bonds is 18. The van der Waals surface area contributed by atoms with Crippen molar-refractivity contribution in [3.05, 3.63) is 35.9 Å². The van der Waals surface area contributed by atoms with Crippen molar-refractivity contribution in [2.75, 3.05) is 33.9 Å². The highest BCUT2D eigenvalue weighted by Crippen LogP contribution is 2.55. The molecule has 0 radical (unpaired) electrons. The summed E-state index contributed by atoms with van der Waals surface area (Å²) >= 11 is 0. The molecule has 1 aromatic carbocycles. The molecule has 3 atom stereocenters. The molecule has 1 aromatic rings. The number of hydrogen-bond acceptors (Lipinski definition) is 10. The molecule has 5 amide bonds. The first kappa shape index (κ1) is 46.5. The Kier molecular flexibility index (Phi) is 18.4. The molecule has 54 heavy (non-hydrogen) atoms. The number of unbranched alkanes of at least 4 members (excludes halogenated alkanes) is 1. The van der Waals surface area contributed by atoms with Gasteiger partial charge in [-0.2, -0.15) is 0 Å². The number of hydrogen-bond donors (Lipinski definition) is 4. The van der Waals surface area contributed by atoms with Crippen molar-refractivity contribution in [2.45, 2.75) is 135 Å². The number of piperidine rings is 1. The average molecular weight is 782 g/mol. The van der Waals surface area contributed by atoms with Gasteiger partial charge in [-0.25, -0.2) is 9.59 Å². The molecule has 15 nitrogen and oxygen atoms in total. The summed E-state index contributed by atoms with van der Waals surface area (Å²) < 4.78 is 34.1. The molecule has 0 saturated carbocycles. The lowest BCUT2D eigenvalue weighted by molar-refractivity contribution is -0.138. The average Bonchev–Trinajstić information content (AvgIpc) is 3.08. The Morgan fingerprint density at radius 1 is 0.778 bits per heavy atom. The van der Waals surface area contributed by atoms with E-state index in [0.29, 0.717) is 32.2 Å². The highest BCUT2D eigenvalue weighted by molar-refractivity contribution is 7.54. The van der Waals surface area contributed by atoms with E-state index in [2.05, 4.69) is 21.3 Å². The normalized spacial score (nSPS) is 15.8. The van der Waals surface area contributed by atoms with E-state index in [4.69, 9.17) is 18.5 Å². The maximum atomic E-state index is 14.0. The molecule has 1 aliphatic heterocycles. The van der Waals surface area contributed by atoms with Crippen LogP contribution >= 0.6 is 7.60 Å². The Bertz CT molecular complexity index is 1410. The van der Waals surface area contributed by atoms with E-state index in [0.717, 1.165) is 5.56 Å². The molecule has 0 bridgehead atoms. The number of likely N-dealkylation sites (tertiary alicyclic amines) is 1. The van der Waals surface area contributed by atoms with Gasteiger partial charge in [0, 0.05) is 40.3 Å². The van der Waals surface area contributed by atoms with E-state index >= 15 is 0 Å². The summed E-state index contributed by atoms with van der Waals surface area (Å²) in [4.78, 5) is 68.4. The largest absolute Gasteiger partial charge is 0.444 e. The van der Waals surface area contributed by atoms with Gasteiger partial charge in [0.15, 0.2) is 0 Å².